The minimum Gasteiger partial charge on any atom is -0.497 e. The lowest BCUT2D eigenvalue weighted by Crippen LogP contribution is -2.28. The van der Waals surface area contributed by atoms with E-state index in [1.54, 1.807) is 12.0 Å². The van der Waals surface area contributed by atoms with Gasteiger partial charge in [-0.2, -0.15) is 0 Å². The number of carbonyl (C=O) groups excluding carboxylic acids is 2. The van der Waals surface area contributed by atoms with E-state index in [0.29, 0.717) is 17.6 Å². The van der Waals surface area contributed by atoms with E-state index in [9.17, 15) is 9.59 Å². The maximum Gasteiger partial charge on any atom is 0.231 e. The summed E-state index contributed by atoms with van der Waals surface area (Å²) in [6.07, 6.45) is 2.59. The van der Waals surface area contributed by atoms with E-state index in [2.05, 4.69) is 10.3 Å². The maximum absolute atomic E-state index is 12.5. The van der Waals surface area contributed by atoms with E-state index in [-0.39, 0.29) is 24.2 Å². The third-order valence-electron chi connectivity index (χ3n) is 4.63. The molecule has 1 N–H and O–H groups in total. The van der Waals surface area contributed by atoms with Gasteiger partial charge < -0.3 is 15.0 Å². The third kappa shape index (κ3) is 3.37. The van der Waals surface area contributed by atoms with Gasteiger partial charge >= 0.3 is 0 Å². The Morgan fingerprint density at radius 1 is 1.32 bits per heavy atom. The molecule has 1 saturated heterocycles. The first-order valence-electron chi connectivity index (χ1n) is 8.35. The molecule has 130 valence electrons. The highest BCUT2D eigenvalue weighted by Crippen LogP contribution is 2.41. The van der Waals surface area contributed by atoms with Crippen molar-refractivity contribution in [3.8, 4) is 5.75 Å². The van der Waals surface area contributed by atoms with Gasteiger partial charge in [0.25, 0.3) is 0 Å². The Labute approximate surface area is 149 Å². The lowest BCUT2D eigenvalue weighted by Gasteiger charge is -2.16. The van der Waals surface area contributed by atoms with Crippen molar-refractivity contribution < 1.29 is 14.3 Å². The molecule has 2 amide bonds. The second kappa shape index (κ2) is 6.48. The topological polar surface area (TPSA) is 71.5 Å². The largest absolute Gasteiger partial charge is 0.497 e. The van der Waals surface area contributed by atoms with Gasteiger partial charge in [0.1, 0.15) is 5.75 Å². The summed E-state index contributed by atoms with van der Waals surface area (Å²) < 4.78 is 5.13. The molecular weight excluding hydrogens is 338 g/mol. The van der Waals surface area contributed by atoms with Gasteiger partial charge in [0.05, 0.1) is 18.7 Å². The van der Waals surface area contributed by atoms with Gasteiger partial charge in [-0.15, -0.1) is 11.3 Å². The van der Waals surface area contributed by atoms with Gasteiger partial charge in [-0.3, -0.25) is 9.59 Å². The van der Waals surface area contributed by atoms with Crippen molar-refractivity contribution in [2.45, 2.75) is 25.2 Å². The third-order valence-corrected chi connectivity index (χ3v) is 5.40. The first-order valence-corrected chi connectivity index (χ1v) is 9.22. The van der Waals surface area contributed by atoms with Crippen molar-refractivity contribution in [1.29, 1.82) is 0 Å². The number of benzene rings is 1. The number of nitrogens with zero attached hydrogens (tertiary/aromatic N) is 2. The van der Waals surface area contributed by atoms with E-state index in [4.69, 9.17) is 4.74 Å². The Morgan fingerprint density at radius 2 is 2.08 bits per heavy atom. The number of ether oxygens (including phenoxy) is 1. The highest BCUT2D eigenvalue weighted by atomic mass is 32.1. The zero-order chi connectivity index (χ0) is 17.4. The summed E-state index contributed by atoms with van der Waals surface area (Å²) in [5.74, 6) is 0.771. The van der Waals surface area contributed by atoms with E-state index in [0.717, 1.165) is 17.1 Å². The average molecular weight is 357 g/mol. The van der Waals surface area contributed by atoms with Crippen molar-refractivity contribution in [1.82, 2.24) is 4.98 Å². The fourth-order valence-electron chi connectivity index (χ4n) is 3.01. The van der Waals surface area contributed by atoms with Crippen LogP contribution in [0.25, 0.3) is 0 Å². The molecule has 0 unspecified atom stereocenters. The van der Waals surface area contributed by atoms with Crippen LogP contribution in [0.2, 0.25) is 0 Å². The number of hydrogen-bond acceptors (Lipinski definition) is 5. The van der Waals surface area contributed by atoms with Crippen LogP contribution in [0.5, 0.6) is 5.75 Å². The lowest BCUT2D eigenvalue weighted by atomic mass is 10.1. The summed E-state index contributed by atoms with van der Waals surface area (Å²) in [5.41, 5.74) is 1.86. The molecule has 1 aliphatic heterocycles. The van der Waals surface area contributed by atoms with E-state index in [1.807, 2.05) is 29.6 Å². The van der Waals surface area contributed by atoms with Gasteiger partial charge in [-0.25, -0.2) is 4.98 Å². The number of nitrogens with one attached hydrogen (secondary N) is 1. The number of rotatable bonds is 5. The molecule has 7 heteroatoms. The van der Waals surface area contributed by atoms with E-state index >= 15 is 0 Å². The van der Waals surface area contributed by atoms with Gasteiger partial charge in [0.15, 0.2) is 5.13 Å². The number of aromatic nitrogens is 1. The molecule has 2 heterocycles. The molecule has 1 aromatic heterocycles. The highest BCUT2D eigenvalue weighted by molar-refractivity contribution is 7.13. The maximum atomic E-state index is 12.5. The Balaban J connectivity index is 1.40. The quantitative estimate of drug-likeness (QED) is 0.893. The molecule has 2 fully saturated rings. The Bertz CT molecular complexity index is 798. The summed E-state index contributed by atoms with van der Waals surface area (Å²) in [4.78, 5) is 30.9. The lowest BCUT2D eigenvalue weighted by molar-refractivity contribution is -0.122. The van der Waals surface area contributed by atoms with Gasteiger partial charge in [-0.1, -0.05) is 0 Å². The summed E-state index contributed by atoms with van der Waals surface area (Å²) in [5, 5.41) is 5.51. The molecule has 1 saturated carbocycles. The summed E-state index contributed by atoms with van der Waals surface area (Å²) >= 11 is 1.45. The van der Waals surface area contributed by atoms with E-state index < -0.39 is 0 Å². The molecule has 0 bridgehead atoms. The molecule has 1 aromatic carbocycles. The first kappa shape index (κ1) is 16.1. The zero-order valence-electron chi connectivity index (χ0n) is 13.9. The second-order valence-corrected chi connectivity index (χ2v) is 7.30. The molecule has 0 radical (unpaired) electrons. The second-order valence-electron chi connectivity index (χ2n) is 6.44. The summed E-state index contributed by atoms with van der Waals surface area (Å²) in [7, 11) is 1.60. The van der Waals surface area contributed by atoms with Crippen LogP contribution in [0.3, 0.4) is 0 Å². The molecule has 1 aliphatic carbocycles. The van der Waals surface area contributed by atoms with Crippen LogP contribution < -0.4 is 15.0 Å². The van der Waals surface area contributed by atoms with Gasteiger partial charge in [0.2, 0.25) is 11.8 Å². The van der Waals surface area contributed by atoms with Crippen LogP contribution in [-0.4, -0.2) is 30.5 Å². The smallest absolute Gasteiger partial charge is 0.231 e. The molecular formula is C18H19N3O3S. The van der Waals surface area contributed by atoms with Crippen LogP contribution in [0.4, 0.5) is 10.8 Å². The zero-order valence-corrected chi connectivity index (χ0v) is 14.7. The Kier molecular flexibility index (Phi) is 4.17. The molecule has 6 nitrogen and oxygen atoms in total. The fraction of sp³-hybridized carbons (Fsp3) is 0.389. The highest BCUT2D eigenvalue weighted by Gasteiger charge is 2.35. The van der Waals surface area contributed by atoms with Crippen LogP contribution in [0, 0.1) is 5.92 Å². The first-order chi connectivity index (χ1) is 12.1. The molecule has 25 heavy (non-hydrogen) atoms. The Hall–Kier alpha value is -2.41. The molecule has 0 spiro atoms. The number of hydrogen-bond donors (Lipinski definition) is 1. The minimum atomic E-state index is -0.358. The Morgan fingerprint density at radius 3 is 2.76 bits per heavy atom. The normalized spacial score (nSPS) is 20.0. The fourth-order valence-corrected chi connectivity index (χ4v) is 3.81. The molecule has 4 rings (SSSR count). The molecule has 2 aliphatic rings. The molecule has 2 aromatic rings. The predicted molar refractivity (Wildman–Crippen MR) is 96.2 cm³/mol. The number of thiazole rings is 1. The van der Waals surface area contributed by atoms with Crippen molar-refractivity contribution in [3.05, 3.63) is 35.3 Å². The van der Waals surface area contributed by atoms with Crippen molar-refractivity contribution in [3.63, 3.8) is 0 Å². The van der Waals surface area contributed by atoms with Crippen molar-refractivity contribution in [2.24, 2.45) is 5.92 Å². The van der Waals surface area contributed by atoms with E-state index in [1.165, 1.54) is 24.2 Å². The van der Waals surface area contributed by atoms with Crippen LogP contribution in [-0.2, 0) is 9.59 Å². The summed E-state index contributed by atoms with van der Waals surface area (Å²) in [6.45, 7) is 0.387. The number of methoxy groups -OCH3 is 1. The van der Waals surface area contributed by atoms with Crippen LogP contribution in [0.15, 0.2) is 29.6 Å². The van der Waals surface area contributed by atoms with Crippen LogP contribution >= 0.6 is 11.3 Å². The van der Waals surface area contributed by atoms with Gasteiger partial charge in [-0.05, 0) is 37.1 Å². The summed E-state index contributed by atoms with van der Waals surface area (Å²) in [6, 6.07) is 7.29. The predicted octanol–water partition coefficient (Wildman–Crippen LogP) is 3.02. The standard InChI is InChI=1S/C18H19N3O3S/c1-24-14-6-4-13(5-7-14)21-9-12(8-16(21)22)17(23)20-18-19-15(10-25-18)11-2-3-11/h4-7,10-12H,2-3,8-9H2,1H3,(H,19,20,23)/t12-/m1/s1. The SMILES string of the molecule is COc1ccc(N2C[C@H](C(=O)Nc3nc(C4CC4)cs3)CC2=O)cc1. The molecule has 1 atom stereocenters. The van der Waals surface area contributed by atoms with Gasteiger partial charge in [0, 0.05) is 30.0 Å². The average Bonchev–Trinajstić information content (AvgIpc) is 3.25. The van der Waals surface area contributed by atoms with Crippen LogP contribution in [0.1, 0.15) is 30.9 Å². The number of carbonyl (C=O) groups is 2. The van der Waals surface area contributed by atoms with Crippen molar-refractivity contribution in [2.75, 3.05) is 23.9 Å². The van der Waals surface area contributed by atoms with Crippen molar-refractivity contribution >= 4 is 34.0 Å². The minimum absolute atomic E-state index is 0.0388. The number of anilines is 2. The monoisotopic (exact) mass is 357 g/mol. The number of amides is 2.